The normalized spacial score (nSPS) is 17.7. The Morgan fingerprint density at radius 1 is 1.14 bits per heavy atom. The van der Waals surface area contributed by atoms with Gasteiger partial charge in [0.1, 0.15) is 0 Å². The molecule has 0 bridgehead atoms. The van der Waals surface area contributed by atoms with Crippen LogP contribution in [0.25, 0.3) is 0 Å². The number of ether oxygens (including phenoxy) is 2. The second-order valence-electron chi connectivity index (χ2n) is 5.06. The molecule has 2 N–H and O–H groups in total. The van der Waals surface area contributed by atoms with Crippen LogP contribution in [0.15, 0.2) is 0 Å². The van der Waals surface area contributed by atoms with E-state index in [0.717, 1.165) is 38.8 Å². The van der Waals surface area contributed by atoms with Crippen molar-refractivity contribution in [2.24, 2.45) is 0 Å². The van der Waals surface area contributed by atoms with E-state index in [0.29, 0.717) is 31.1 Å². The fourth-order valence-corrected chi connectivity index (χ4v) is 2.02. The first-order valence-electron chi connectivity index (χ1n) is 7.80. The Balaban J connectivity index is 1.98. The van der Waals surface area contributed by atoms with Crippen LogP contribution in [0.5, 0.6) is 6.01 Å². The van der Waals surface area contributed by atoms with E-state index in [9.17, 15) is 0 Å². The summed E-state index contributed by atoms with van der Waals surface area (Å²) in [7, 11) is 0. The van der Waals surface area contributed by atoms with Gasteiger partial charge in [0, 0.05) is 19.7 Å². The van der Waals surface area contributed by atoms with Gasteiger partial charge < -0.3 is 20.1 Å². The van der Waals surface area contributed by atoms with Crippen LogP contribution in [0.2, 0.25) is 0 Å². The molecule has 1 aromatic rings. The molecule has 0 radical (unpaired) electrons. The summed E-state index contributed by atoms with van der Waals surface area (Å²) in [6.07, 6.45) is 4.38. The lowest BCUT2D eigenvalue weighted by molar-refractivity contribution is 0.120. The highest BCUT2D eigenvalue weighted by atomic mass is 16.5. The van der Waals surface area contributed by atoms with Crippen molar-refractivity contribution in [3.05, 3.63) is 0 Å². The molecule has 1 aliphatic rings. The van der Waals surface area contributed by atoms with Gasteiger partial charge in [0.05, 0.1) is 12.7 Å². The van der Waals surface area contributed by atoms with E-state index in [2.05, 4.69) is 32.5 Å². The van der Waals surface area contributed by atoms with Gasteiger partial charge in [-0.3, -0.25) is 0 Å². The Labute approximate surface area is 125 Å². The summed E-state index contributed by atoms with van der Waals surface area (Å²) >= 11 is 0. The van der Waals surface area contributed by atoms with Gasteiger partial charge in [0.2, 0.25) is 11.9 Å². The molecule has 1 saturated heterocycles. The molecule has 0 aliphatic carbocycles. The molecule has 0 spiro atoms. The molecule has 7 heteroatoms. The Bertz CT molecular complexity index is 398. The van der Waals surface area contributed by atoms with E-state index in [1.165, 1.54) is 0 Å². The van der Waals surface area contributed by atoms with Crippen molar-refractivity contribution < 1.29 is 9.47 Å². The Kier molecular flexibility index (Phi) is 6.46. The maximum Gasteiger partial charge on any atom is 0.323 e. The summed E-state index contributed by atoms with van der Waals surface area (Å²) in [5.41, 5.74) is 0. The van der Waals surface area contributed by atoms with E-state index >= 15 is 0 Å². The number of anilines is 2. The van der Waals surface area contributed by atoms with Crippen LogP contribution in [-0.4, -0.2) is 47.4 Å². The lowest BCUT2D eigenvalue weighted by Gasteiger charge is -2.12. The third-order valence-corrected chi connectivity index (χ3v) is 3.10. The third-order valence-electron chi connectivity index (χ3n) is 3.10. The SMILES string of the molecule is CCCNc1nc(NCC2CCCO2)nc(OCCC)n1. The average Bonchev–Trinajstić information content (AvgIpc) is 3.02. The average molecular weight is 295 g/mol. The summed E-state index contributed by atoms with van der Waals surface area (Å²) in [6.45, 7) is 7.13. The minimum Gasteiger partial charge on any atom is -0.463 e. The molecule has 0 aromatic carbocycles. The van der Waals surface area contributed by atoms with E-state index in [-0.39, 0.29) is 6.10 Å². The van der Waals surface area contributed by atoms with Crippen LogP contribution in [0.3, 0.4) is 0 Å². The van der Waals surface area contributed by atoms with E-state index < -0.39 is 0 Å². The highest BCUT2D eigenvalue weighted by Crippen LogP contribution is 2.15. The van der Waals surface area contributed by atoms with Crippen molar-refractivity contribution >= 4 is 11.9 Å². The van der Waals surface area contributed by atoms with Crippen LogP contribution >= 0.6 is 0 Å². The largest absolute Gasteiger partial charge is 0.463 e. The first-order valence-corrected chi connectivity index (χ1v) is 7.80. The van der Waals surface area contributed by atoms with Crippen molar-refractivity contribution in [3.63, 3.8) is 0 Å². The van der Waals surface area contributed by atoms with E-state index in [4.69, 9.17) is 9.47 Å². The molecule has 7 nitrogen and oxygen atoms in total. The molecule has 21 heavy (non-hydrogen) atoms. The minimum atomic E-state index is 0.244. The van der Waals surface area contributed by atoms with Gasteiger partial charge in [-0.25, -0.2) is 0 Å². The quantitative estimate of drug-likeness (QED) is 0.721. The first-order chi connectivity index (χ1) is 10.3. The van der Waals surface area contributed by atoms with Gasteiger partial charge in [0.25, 0.3) is 0 Å². The second kappa shape index (κ2) is 8.61. The van der Waals surface area contributed by atoms with Gasteiger partial charge in [-0.05, 0) is 25.7 Å². The Morgan fingerprint density at radius 3 is 2.62 bits per heavy atom. The molecular formula is C14H25N5O2. The van der Waals surface area contributed by atoms with Gasteiger partial charge in [-0.2, -0.15) is 15.0 Å². The third kappa shape index (κ3) is 5.34. The van der Waals surface area contributed by atoms with Gasteiger partial charge in [-0.15, -0.1) is 0 Å². The number of nitrogens with zero attached hydrogens (tertiary/aromatic N) is 3. The van der Waals surface area contributed by atoms with Gasteiger partial charge >= 0.3 is 6.01 Å². The first kappa shape index (κ1) is 15.8. The van der Waals surface area contributed by atoms with Crippen LogP contribution in [-0.2, 0) is 4.74 Å². The highest BCUT2D eigenvalue weighted by molar-refractivity contribution is 5.35. The molecule has 1 aromatic heterocycles. The molecule has 118 valence electrons. The summed E-state index contributed by atoms with van der Waals surface area (Å²) < 4.78 is 11.1. The van der Waals surface area contributed by atoms with Crippen LogP contribution in [0.1, 0.15) is 39.5 Å². The Hall–Kier alpha value is -1.63. The maximum absolute atomic E-state index is 5.58. The predicted molar refractivity (Wildman–Crippen MR) is 81.9 cm³/mol. The molecule has 1 atom stereocenters. The molecule has 1 unspecified atom stereocenters. The maximum atomic E-state index is 5.58. The highest BCUT2D eigenvalue weighted by Gasteiger charge is 2.16. The molecular weight excluding hydrogens is 270 g/mol. The Morgan fingerprint density at radius 2 is 1.95 bits per heavy atom. The van der Waals surface area contributed by atoms with E-state index in [1.807, 2.05) is 6.92 Å². The molecule has 1 fully saturated rings. The zero-order valence-electron chi connectivity index (χ0n) is 12.9. The van der Waals surface area contributed by atoms with Crippen LogP contribution < -0.4 is 15.4 Å². The summed E-state index contributed by atoms with van der Waals surface area (Å²) in [4.78, 5) is 12.9. The monoisotopic (exact) mass is 295 g/mol. The topological polar surface area (TPSA) is 81.2 Å². The fourth-order valence-electron chi connectivity index (χ4n) is 2.02. The van der Waals surface area contributed by atoms with Crippen molar-refractivity contribution in [3.8, 4) is 6.01 Å². The smallest absolute Gasteiger partial charge is 0.323 e. The lowest BCUT2D eigenvalue weighted by Crippen LogP contribution is -2.20. The summed E-state index contributed by atoms with van der Waals surface area (Å²) in [5, 5.41) is 6.38. The zero-order chi connectivity index (χ0) is 14.9. The molecule has 1 aliphatic heterocycles. The number of aromatic nitrogens is 3. The van der Waals surface area contributed by atoms with Gasteiger partial charge in [-0.1, -0.05) is 13.8 Å². The van der Waals surface area contributed by atoms with Crippen molar-refractivity contribution in [1.82, 2.24) is 15.0 Å². The van der Waals surface area contributed by atoms with E-state index in [1.54, 1.807) is 0 Å². The predicted octanol–water partition coefficient (Wildman–Crippen LogP) is 2.07. The van der Waals surface area contributed by atoms with Crippen LogP contribution in [0, 0.1) is 0 Å². The second-order valence-corrected chi connectivity index (χ2v) is 5.06. The number of hydrogen-bond acceptors (Lipinski definition) is 7. The summed E-state index contributed by atoms with van der Waals surface area (Å²) in [6, 6.07) is 0.361. The van der Waals surface area contributed by atoms with Crippen LogP contribution in [0.4, 0.5) is 11.9 Å². The standard InChI is InChI=1S/C14H25N5O2/c1-3-7-15-12-17-13(16-10-11-6-5-9-20-11)19-14(18-12)21-8-4-2/h11H,3-10H2,1-2H3,(H2,15,16,17,18,19). The van der Waals surface area contributed by atoms with Crippen molar-refractivity contribution in [1.29, 1.82) is 0 Å². The number of nitrogens with one attached hydrogen (secondary N) is 2. The minimum absolute atomic E-state index is 0.244. The number of rotatable bonds is 9. The zero-order valence-corrected chi connectivity index (χ0v) is 12.9. The fraction of sp³-hybridized carbons (Fsp3) is 0.786. The lowest BCUT2D eigenvalue weighted by atomic mass is 10.2. The summed E-state index contributed by atoms with van der Waals surface area (Å²) in [5.74, 6) is 1.08. The molecule has 0 amide bonds. The molecule has 0 saturated carbocycles. The molecule has 2 rings (SSSR count). The molecule has 2 heterocycles. The number of hydrogen-bond donors (Lipinski definition) is 2. The van der Waals surface area contributed by atoms with Crippen molar-refractivity contribution in [2.75, 3.05) is 36.9 Å². The van der Waals surface area contributed by atoms with Gasteiger partial charge in [0.15, 0.2) is 0 Å². The van der Waals surface area contributed by atoms with Crippen molar-refractivity contribution in [2.45, 2.75) is 45.6 Å².